The minimum absolute atomic E-state index is 0.340. The predicted octanol–water partition coefficient (Wildman–Crippen LogP) is 2.25. The molecule has 0 spiro atoms. The van der Waals surface area contributed by atoms with Crippen LogP contribution in [0.2, 0.25) is 0 Å². The Balaban J connectivity index is 2.14. The van der Waals surface area contributed by atoms with Gasteiger partial charge >= 0.3 is 0 Å². The average Bonchev–Trinajstić information content (AvgIpc) is 2.78. The van der Waals surface area contributed by atoms with Crippen LogP contribution in [0.1, 0.15) is 11.5 Å². The molecular weight excluding hydrogens is 148 g/mol. The fourth-order valence-electron chi connectivity index (χ4n) is 1.78. The van der Waals surface area contributed by atoms with E-state index in [1.807, 2.05) is 6.07 Å². The van der Waals surface area contributed by atoms with Crippen LogP contribution in [0.5, 0.6) is 0 Å². The molecule has 12 heavy (non-hydrogen) atoms. The second-order valence-electron chi connectivity index (χ2n) is 3.30. The molecule has 3 atom stereocenters. The highest BCUT2D eigenvalue weighted by Gasteiger charge is 2.47. The van der Waals surface area contributed by atoms with Crippen molar-refractivity contribution in [2.24, 2.45) is 5.92 Å². The molecule has 63 valence electrons. The highest BCUT2D eigenvalue weighted by Crippen LogP contribution is 2.48. The van der Waals surface area contributed by atoms with Gasteiger partial charge in [0.1, 0.15) is 0 Å². The van der Waals surface area contributed by atoms with Crippen molar-refractivity contribution >= 4 is 0 Å². The number of hydrogen-bond donors (Lipinski definition) is 0. The summed E-state index contributed by atoms with van der Waals surface area (Å²) < 4.78 is 5.28. The maximum absolute atomic E-state index is 5.28. The summed E-state index contributed by atoms with van der Waals surface area (Å²) >= 11 is 0. The van der Waals surface area contributed by atoms with Crippen LogP contribution in [0.3, 0.4) is 0 Å². The minimum Gasteiger partial charge on any atom is -0.380 e. The molecule has 0 heterocycles. The molecule has 0 aromatic heterocycles. The lowest BCUT2D eigenvalue weighted by Crippen LogP contribution is -1.90. The molecule has 2 rings (SSSR count). The fourth-order valence-corrected chi connectivity index (χ4v) is 1.78. The molecule has 1 aromatic rings. The first-order chi connectivity index (χ1) is 5.84. The van der Waals surface area contributed by atoms with Crippen LogP contribution in [-0.2, 0) is 4.74 Å². The van der Waals surface area contributed by atoms with E-state index in [-0.39, 0.29) is 0 Å². The van der Waals surface area contributed by atoms with Crippen molar-refractivity contribution in [3.05, 3.63) is 42.8 Å². The van der Waals surface area contributed by atoms with Gasteiger partial charge in [-0.2, -0.15) is 0 Å². The summed E-state index contributed by atoms with van der Waals surface area (Å²) in [6.07, 6.45) is 0.340. The maximum atomic E-state index is 5.28. The van der Waals surface area contributed by atoms with Gasteiger partial charge in [0.05, 0.1) is 6.10 Å². The first-order valence-corrected chi connectivity index (χ1v) is 4.25. The second-order valence-corrected chi connectivity index (χ2v) is 3.30. The van der Waals surface area contributed by atoms with Crippen molar-refractivity contribution < 1.29 is 4.74 Å². The van der Waals surface area contributed by atoms with E-state index in [9.17, 15) is 0 Å². The first-order valence-electron chi connectivity index (χ1n) is 4.25. The van der Waals surface area contributed by atoms with Crippen LogP contribution in [0, 0.1) is 12.8 Å². The van der Waals surface area contributed by atoms with Crippen LogP contribution in [0.4, 0.5) is 0 Å². The first kappa shape index (κ1) is 7.81. The summed E-state index contributed by atoms with van der Waals surface area (Å²) in [7, 11) is 1.76. The third kappa shape index (κ3) is 1.14. The number of rotatable bonds is 2. The van der Waals surface area contributed by atoms with Crippen molar-refractivity contribution in [2.45, 2.75) is 12.0 Å². The smallest absolute Gasteiger partial charge is 0.0678 e. The van der Waals surface area contributed by atoms with Crippen LogP contribution in [0.25, 0.3) is 0 Å². The Morgan fingerprint density at radius 2 is 1.92 bits per heavy atom. The lowest BCUT2D eigenvalue weighted by molar-refractivity contribution is 0.170. The summed E-state index contributed by atoms with van der Waals surface area (Å²) in [5.74, 6) is 0.966. The van der Waals surface area contributed by atoms with Crippen molar-refractivity contribution in [3.63, 3.8) is 0 Å². The van der Waals surface area contributed by atoms with Gasteiger partial charge < -0.3 is 4.74 Å². The summed E-state index contributed by atoms with van der Waals surface area (Å²) in [4.78, 5) is 0. The van der Waals surface area contributed by atoms with E-state index in [2.05, 4.69) is 31.2 Å². The molecule has 0 aliphatic heterocycles. The SMILES string of the molecule is [CH2][C@H]1[C@H](OC)[C@@H]1c1ccccc1. The molecule has 1 radical (unpaired) electrons. The molecule has 1 saturated carbocycles. The van der Waals surface area contributed by atoms with Crippen LogP contribution in [0.15, 0.2) is 30.3 Å². The maximum Gasteiger partial charge on any atom is 0.0678 e. The van der Waals surface area contributed by atoms with E-state index in [0.717, 1.165) is 0 Å². The standard InChI is InChI=1S/C11H13O/c1-8-10(11(8)12-2)9-6-4-3-5-7-9/h3-8,10-11H,1H2,2H3/t8-,10+,11+/m1/s1. The highest BCUT2D eigenvalue weighted by molar-refractivity contribution is 5.29. The molecule has 0 amide bonds. The van der Waals surface area contributed by atoms with Gasteiger partial charge in [0, 0.05) is 13.0 Å². The summed E-state index contributed by atoms with van der Waals surface area (Å²) in [5, 5.41) is 0. The minimum atomic E-state index is 0.340. The Hall–Kier alpha value is -0.820. The normalized spacial score (nSPS) is 33.3. The number of methoxy groups -OCH3 is 1. The molecular formula is C11H13O. The van der Waals surface area contributed by atoms with Crippen molar-refractivity contribution in [1.29, 1.82) is 0 Å². The van der Waals surface area contributed by atoms with Gasteiger partial charge in [-0.05, 0) is 18.4 Å². The van der Waals surface area contributed by atoms with Gasteiger partial charge in [-0.1, -0.05) is 30.3 Å². The summed E-state index contributed by atoms with van der Waals surface area (Å²) in [5.41, 5.74) is 1.35. The molecule has 0 saturated heterocycles. The van der Waals surface area contributed by atoms with Crippen molar-refractivity contribution in [2.75, 3.05) is 7.11 Å². The summed E-state index contributed by atoms with van der Waals surface area (Å²) in [6, 6.07) is 10.4. The zero-order valence-corrected chi connectivity index (χ0v) is 7.23. The topological polar surface area (TPSA) is 9.23 Å². The van der Waals surface area contributed by atoms with Crippen LogP contribution < -0.4 is 0 Å². The van der Waals surface area contributed by atoms with E-state index in [0.29, 0.717) is 17.9 Å². The Morgan fingerprint density at radius 1 is 1.25 bits per heavy atom. The average molecular weight is 161 g/mol. The quantitative estimate of drug-likeness (QED) is 0.646. The predicted molar refractivity (Wildman–Crippen MR) is 48.8 cm³/mol. The number of ether oxygens (including phenoxy) is 1. The molecule has 1 aromatic carbocycles. The van der Waals surface area contributed by atoms with E-state index < -0.39 is 0 Å². The van der Waals surface area contributed by atoms with E-state index in [1.165, 1.54) is 5.56 Å². The van der Waals surface area contributed by atoms with Gasteiger partial charge in [0.15, 0.2) is 0 Å². The fraction of sp³-hybridized carbons (Fsp3) is 0.364. The molecule has 0 N–H and O–H groups in total. The molecule has 0 bridgehead atoms. The van der Waals surface area contributed by atoms with E-state index in [4.69, 9.17) is 4.74 Å². The van der Waals surface area contributed by atoms with Crippen LogP contribution >= 0.6 is 0 Å². The highest BCUT2D eigenvalue weighted by atomic mass is 16.5. The monoisotopic (exact) mass is 161 g/mol. The zero-order valence-electron chi connectivity index (χ0n) is 7.23. The Labute approximate surface area is 73.4 Å². The molecule has 1 nitrogen and oxygen atoms in total. The number of benzene rings is 1. The van der Waals surface area contributed by atoms with Crippen LogP contribution in [-0.4, -0.2) is 13.2 Å². The van der Waals surface area contributed by atoms with Crippen molar-refractivity contribution in [3.8, 4) is 0 Å². The third-order valence-electron chi connectivity index (χ3n) is 2.55. The Bertz CT molecular complexity index is 255. The Morgan fingerprint density at radius 3 is 2.42 bits per heavy atom. The number of hydrogen-bond acceptors (Lipinski definition) is 1. The summed E-state index contributed by atoms with van der Waals surface area (Å²) in [6.45, 7) is 4.04. The second kappa shape index (κ2) is 2.91. The molecule has 0 unspecified atom stereocenters. The Kier molecular flexibility index (Phi) is 1.89. The van der Waals surface area contributed by atoms with Gasteiger partial charge in [0.2, 0.25) is 0 Å². The molecule has 1 fully saturated rings. The van der Waals surface area contributed by atoms with Gasteiger partial charge in [-0.3, -0.25) is 0 Å². The van der Waals surface area contributed by atoms with Gasteiger partial charge in [-0.25, -0.2) is 0 Å². The molecule has 1 heteroatoms. The zero-order chi connectivity index (χ0) is 8.55. The largest absolute Gasteiger partial charge is 0.380 e. The van der Waals surface area contributed by atoms with Gasteiger partial charge in [0.25, 0.3) is 0 Å². The van der Waals surface area contributed by atoms with Crippen molar-refractivity contribution in [1.82, 2.24) is 0 Å². The van der Waals surface area contributed by atoms with E-state index >= 15 is 0 Å². The van der Waals surface area contributed by atoms with E-state index in [1.54, 1.807) is 7.11 Å². The third-order valence-corrected chi connectivity index (χ3v) is 2.55. The molecule has 1 aliphatic carbocycles. The lowest BCUT2D eigenvalue weighted by atomic mass is 10.1. The van der Waals surface area contributed by atoms with Gasteiger partial charge in [-0.15, -0.1) is 0 Å². The molecule has 1 aliphatic rings. The lowest BCUT2D eigenvalue weighted by Gasteiger charge is -1.97.